The number of esters is 2. The fourth-order valence-electron chi connectivity index (χ4n) is 2.07. The zero-order valence-corrected chi connectivity index (χ0v) is 17.6. The number of aromatic hydroxyl groups is 1. The van der Waals surface area contributed by atoms with Crippen molar-refractivity contribution in [1.29, 1.82) is 0 Å². The lowest BCUT2D eigenvalue weighted by atomic mass is 10.1. The van der Waals surface area contributed by atoms with Gasteiger partial charge < -0.3 is 18.8 Å². The predicted octanol–water partition coefficient (Wildman–Crippen LogP) is 3.50. The number of carbonyl (C=O) groups excluding carboxylic acids is 2. The minimum atomic E-state index is -5.84. The van der Waals surface area contributed by atoms with Gasteiger partial charge in [0.15, 0.2) is 5.75 Å². The number of phenolic OH excluding ortho intramolecular Hbond substituents is 1. The van der Waals surface area contributed by atoms with E-state index in [1.165, 1.54) is 32.2 Å². The molecule has 0 aliphatic carbocycles. The number of hydrogen-bond donors (Lipinski definition) is 1. The van der Waals surface area contributed by atoms with E-state index in [9.17, 15) is 36.3 Å². The number of methoxy groups -OCH3 is 2. The Hall–Kier alpha value is -3.28. The van der Waals surface area contributed by atoms with Gasteiger partial charge in [-0.05, 0) is 49.2 Å². The van der Waals surface area contributed by atoms with Crippen LogP contribution >= 0.6 is 0 Å². The van der Waals surface area contributed by atoms with Gasteiger partial charge in [-0.15, -0.1) is 0 Å². The molecule has 2 rings (SSSR count). The molecule has 0 fully saturated rings. The third-order valence-corrected chi connectivity index (χ3v) is 4.55. The maximum absolute atomic E-state index is 12.2. The van der Waals surface area contributed by atoms with Crippen molar-refractivity contribution in [3.8, 4) is 11.5 Å². The molecule has 0 bridgehead atoms. The van der Waals surface area contributed by atoms with Crippen molar-refractivity contribution in [2.75, 3.05) is 14.2 Å². The van der Waals surface area contributed by atoms with Gasteiger partial charge in [-0.3, -0.25) is 0 Å². The summed E-state index contributed by atoms with van der Waals surface area (Å²) >= 11 is 0. The normalized spacial score (nSPS) is 11.1. The van der Waals surface area contributed by atoms with Crippen LogP contribution in [0.15, 0.2) is 36.4 Å². The second-order valence-electron chi connectivity index (χ2n) is 5.99. The van der Waals surface area contributed by atoms with Crippen LogP contribution in [-0.2, 0) is 19.6 Å². The first-order chi connectivity index (χ1) is 14.2. The van der Waals surface area contributed by atoms with Gasteiger partial charge >= 0.3 is 27.6 Å². The predicted molar refractivity (Wildman–Crippen MR) is 102 cm³/mol. The monoisotopic (exact) mass is 464 g/mol. The molecule has 0 aliphatic rings. The van der Waals surface area contributed by atoms with E-state index in [4.69, 9.17) is 0 Å². The van der Waals surface area contributed by atoms with E-state index in [-0.39, 0.29) is 11.3 Å². The molecular weight excluding hydrogens is 445 g/mol. The second-order valence-corrected chi connectivity index (χ2v) is 7.52. The molecule has 2 aromatic carbocycles. The molecule has 31 heavy (non-hydrogen) atoms. The first kappa shape index (κ1) is 25.8. The first-order valence-electron chi connectivity index (χ1n) is 8.31. The first-order valence-corrected chi connectivity index (χ1v) is 9.72. The molecule has 0 saturated heterocycles. The average molecular weight is 464 g/mol. The number of hydrogen-bond acceptors (Lipinski definition) is 8. The quantitative estimate of drug-likeness (QED) is 0.415. The molecule has 0 aliphatic heterocycles. The van der Waals surface area contributed by atoms with Crippen LogP contribution in [0.4, 0.5) is 13.2 Å². The van der Waals surface area contributed by atoms with Gasteiger partial charge in [-0.2, -0.15) is 21.6 Å². The minimum Gasteiger partial charge on any atom is -0.507 e. The van der Waals surface area contributed by atoms with Crippen LogP contribution in [0, 0.1) is 13.8 Å². The lowest BCUT2D eigenvalue weighted by Crippen LogP contribution is -2.28. The lowest BCUT2D eigenvalue weighted by Gasteiger charge is -2.12. The van der Waals surface area contributed by atoms with Crippen molar-refractivity contribution in [2.45, 2.75) is 19.4 Å². The van der Waals surface area contributed by atoms with Crippen molar-refractivity contribution < 1.29 is 49.9 Å². The topological polar surface area (TPSA) is 116 Å². The van der Waals surface area contributed by atoms with E-state index in [0.29, 0.717) is 5.56 Å². The largest absolute Gasteiger partial charge is 0.534 e. The number of alkyl halides is 3. The Morgan fingerprint density at radius 3 is 1.77 bits per heavy atom. The summed E-state index contributed by atoms with van der Waals surface area (Å²) in [5.74, 6) is -2.30. The van der Waals surface area contributed by atoms with E-state index in [1.54, 1.807) is 6.07 Å². The molecule has 0 heterocycles. The molecule has 12 heteroatoms. The van der Waals surface area contributed by atoms with Crippen LogP contribution in [0.25, 0.3) is 0 Å². The second kappa shape index (κ2) is 10.2. The Morgan fingerprint density at radius 1 is 0.871 bits per heavy atom. The van der Waals surface area contributed by atoms with Crippen LogP contribution in [0.5, 0.6) is 11.5 Å². The van der Waals surface area contributed by atoms with E-state index < -0.39 is 38.9 Å². The molecule has 0 saturated carbocycles. The standard InChI is InChI=1S/C10H9F3O5S.C9H10O3/c1-6-3-4-7(9(14)17-2)8(5-6)18-19(15,16)10(11,12)13;1-6-3-4-7(8(10)5-6)9(11)12-2/h3-5H,1-2H3;3-5,10H,1-2H3. The molecule has 1 N–H and O–H groups in total. The highest BCUT2D eigenvalue weighted by molar-refractivity contribution is 7.88. The van der Waals surface area contributed by atoms with Gasteiger partial charge in [0.2, 0.25) is 0 Å². The highest BCUT2D eigenvalue weighted by Gasteiger charge is 2.49. The molecule has 0 amide bonds. The Balaban J connectivity index is 0.000000343. The molecule has 0 radical (unpaired) electrons. The molecule has 0 spiro atoms. The smallest absolute Gasteiger partial charge is 0.507 e. The Morgan fingerprint density at radius 2 is 1.32 bits per heavy atom. The van der Waals surface area contributed by atoms with Gasteiger partial charge in [0.05, 0.1) is 14.2 Å². The van der Waals surface area contributed by atoms with E-state index in [0.717, 1.165) is 24.8 Å². The number of halogens is 3. The lowest BCUT2D eigenvalue weighted by molar-refractivity contribution is -0.0500. The van der Waals surface area contributed by atoms with Crippen LogP contribution in [-0.4, -0.2) is 45.2 Å². The summed E-state index contributed by atoms with van der Waals surface area (Å²) in [7, 11) is -3.56. The molecule has 8 nitrogen and oxygen atoms in total. The van der Waals surface area contributed by atoms with Crippen LogP contribution in [0.3, 0.4) is 0 Å². The van der Waals surface area contributed by atoms with Gasteiger partial charge in [-0.25, -0.2) is 9.59 Å². The summed E-state index contributed by atoms with van der Waals surface area (Å²) in [6.07, 6.45) is 0. The van der Waals surface area contributed by atoms with Crippen LogP contribution in [0.2, 0.25) is 0 Å². The van der Waals surface area contributed by atoms with E-state index >= 15 is 0 Å². The number of carbonyl (C=O) groups is 2. The highest BCUT2D eigenvalue weighted by atomic mass is 32.2. The van der Waals surface area contributed by atoms with E-state index in [2.05, 4.69) is 13.7 Å². The fraction of sp³-hybridized carbons (Fsp3) is 0.263. The van der Waals surface area contributed by atoms with Crippen molar-refractivity contribution >= 4 is 22.1 Å². The van der Waals surface area contributed by atoms with Gasteiger partial charge in [0, 0.05) is 0 Å². The van der Waals surface area contributed by atoms with Gasteiger partial charge in [0.25, 0.3) is 0 Å². The SMILES string of the molecule is COC(=O)c1ccc(C)cc1O.COC(=O)c1ccc(C)cc1OS(=O)(=O)C(F)(F)F. The van der Waals surface area contributed by atoms with Gasteiger partial charge in [0.1, 0.15) is 16.9 Å². The number of benzene rings is 2. The molecular formula is C19H19F3O8S. The van der Waals surface area contributed by atoms with Crippen molar-refractivity contribution in [2.24, 2.45) is 0 Å². The maximum atomic E-state index is 12.2. The molecule has 170 valence electrons. The zero-order valence-electron chi connectivity index (χ0n) is 16.8. The molecule has 2 aromatic rings. The average Bonchev–Trinajstić information content (AvgIpc) is 2.66. The third kappa shape index (κ3) is 6.88. The Labute approximate surface area is 176 Å². The summed E-state index contributed by atoms with van der Waals surface area (Å²) < 4.78 is 71.1. The Bertz CT molecular complexity index is 1060. The maximum Gasteiger partial charge on any atom is 0.534 e. The van der Waals surface area contributed by atoms with Crippen LogP contribution < -0.4 is 4.18 Å². The van der Waals surface area contributed by atoms with Crippen molar-refractivity contribution in [3.63, 3.8) is 0 Å². The molecule has 0 unspecified atom stereocenters. The van der Waals surface area contributed by atoms with Crippen molar-refractivity contribution in [3.05, 3.63) is 58.7 Å². The Kier molecular flexibility index (Phi) is 8.44. The zero-order chi connectivity index (χ0) is 24.0. The van der Waals surface area contributed by atoms with Crippen LogP contribution in [0.1, 0.15) is 31.8 Å². The summed E-state index contributed by atoms with van der Waals surface area (Å²) in [5, 5.41) is 9.29. The van der Waals surface area contributed by atoms with E-state index in [1.807, 2.05) is 6.92 Å². The third-order valence-electron chi connectivity index (χ3n) is 3.58. The summed E-state index contributed by atoms with van der Waals surface area (Å²) in [6.45, 7) is 3.33. The summed E-state index contributed by atoms with van der Waals surface area (Å²) in [4.78, 5) is 22.3. The summed E-state index contributed by atoms with van der Waals surface area (Å²) in [6, 6.07) is 8.31. The highest BCUT2D eigenvalue weighted by Crippen LogP contribution is 2.30. The molecule has 0 atom stereocenters. The number of rotatable bonds is 4. The number of aryl methyl sites for hydroxylation is 2. The number of ether oxygens (including phenoxy) is 2. The fourth-order valence-corrected chi connectivity index (χ4v) is 2.54. The molecule has 0 aromatic heterocycles. The van der Waals surface area contributed by atoms with Crippen molar-refractivity contribution in [1.82, 2.24) is 0 Å². The number of phenols is 1. The van der Waals surface area contributed by atoms with Gasteiger partial charge in [-0.1, -0.05) is 12.1 Å². The summed E-state index contributed by atoms with van der Waals surface area (Å²) in [5.41, 5.74) is -4.48. The minimum absolute atomic E-state index is 0.0400.